The normalized spacial score (nSPS) is 13.4. The molecule has 0 radical (unpaired) electrons. The lowest BCUT2D eigenvalue weighted by Gasteiger charge is -2.13. The molecular weight excluding hydrogens is 464 g/mol. The standard InChI is InChI=1S/C27H21F2N5O2/c28-15-5-9-20(29)19(13-15)26-32-22-10-6-16(14-23(22)33-26)30-25(35)12-11-24-31-21-4-2-1-3-18(21)27(36)34(24)17-7-8-17/h1-6,9-10,13-14,17H,7-8,11-12H2,(H,30,35)(H,32,33). The number of imidazole rings is 1. The van der Waals surface area contributed by atoms with E-state index in [1.807, 2.05) is 12.1 Å². The average Bonchev–Trinajstić information content (AvgIpc) is 3.62. The summed E-state index contributed by atoms with van der Waals surface area (Å²) in [5.41, 5.74) is 2.26. The molecule has 0 bridgehead atoms. The van der Waals surface area contributed by atoms with Gasteiger partial charge in [0, 0.05) is 24.6 Å². The molecule has 0 atom stereocenters. The number of para-hydroxylation sites is 1. The SMILES string of the molecule is O=C(CCc1nc2ccccc2c(=O)n1C1CC1)Nc1ccc2nc(-c3cc(F)ccc3F)[nH]c2c1. The Bertz CT molecular complexity index is 1700. The highest BCUT2D eigenvalue weighted by atomic mass is 19.1. The van der Waals surface area contributed by atoms with E-state index in [1.165, 1.54) is 0 Å². The number of halogens is 2. The van der Waals surface area contributed by atoms with Crippen molar-refractivity contribution < 1.29 is 13.6 Å². The van der Waals surface area contributed by atoms with Gasteiger partial charge in [-0.25, -0.2) is 18.7 Å². The number of benzene rings is 3. The Hall–Kier alpha value is -4.40. The molecule has 0 saturated heterocycles. The van der Waals surface area contributed by atoms with Crippen LogP contribution in [0, 0.1) is 11.6 Å². The second-order valence-electron chi connectivity index (χ2n) is 8.94. The van der Waals surface area contributed by atoms with Crippen LogP contribution < -0.4 is 10.9 Å². The molecule has 1 amide bonds. The minimum absolute atomic E-state index is 0.0291. The number of fused-ring (bicyclic) bond motifs is 2. The number of anilines is 1. The van der Waals surface area contributed by atoms with Crippen molar-refractivity contribution in [3.63, 3.8) is 0 Å². The minimum Gasteiger partial charge on any atom is -0.338 e. The van der Waals surface area contributed by atoms with Crippen LogP contribution in [0.3, 0.4) is 0 Å². The van der Waals surface area contributed by atoms with Gasteiger partial charge < -0.3 is 10.3 Å². The molecule has 0 spiro atoms. The Labute approximate surface area is 203 Å². The number of aromatic amines is 1. The van der Waals surface area contributed by atoms with Crippen LogP contribution in [0.1, 0.15) is 31.1 Å². The molecule has 6 rings (SSSR count). The number of nitrogens with zero attached hydrogens (tertiary/aromatic N) is 3. The number of rotatable bonds is 6. The van der Waals surface area contributed by atoms with Crippen molar-refractivity contribution in [2.45, 2.75) is 31.7 Å². The molecule has 1 saturated carbocycles. The summed E-state index contributed by atoms with van der Waals surface area (Å²) >= 11 is 0. The predicted octanol–water partition coefficient (Wildman–Crippen LogP) is 5.12. The molecule has 1 fully saturated rings. The predicted molar refractivity (Wildman–Crippen MR) is 133 cm³/mol. The maximum absolute atomic E-state index is 14.1. The zero-order chi connectivity index (χ0) is 24.8. The summed E-state index contributed by atoms with van der Waals surface area (Å²) in [6.07, 6.45) is 2.35. The van der Waals surface area contributed by atoms with Crippen molar-refractivity contribution in [1.29, 1.82) is 0 Å². The Balaban J connectivity index is 1.20. The van der Waals surface area contributed by atoms with Gasteiger partial charge in [0.15, 0.2) is 0 Å². The van der Waals surface area contributed by atoms with Crippen LogP contribution in [0.25, 0.3) is 33.3 Å². The number of aromatic nitrogens is 4. The van der Waals surface area contributed by atoms with Crippen LogP contribution in [0.5, 0.6) is 0 Å². The van der Waals surface area contributed by atoms with Crippen molar-refractivity contribution >= 4 is 33.5 Å². The fraction of sp³-hybridized carbons (Fsp3) is 0.185. The molecule has 2 heterocycles. The van der Waals surface area contributed by atoms with Crippen LogP contribution >= 0.6 is 0 Å². The van der Waals surface area contributed by atoms with E-state index in [-0.39, 0.29) is 35.3 Å². The number of hydrogen-bond donors (Lipinski definition) is 2. The average molecular weight is 485 g/mol. The van der Waals surface area contributed by atoms with Gasteiger partial charge in [-0.1, -0.05) is 12.1 Å². The highest BCUT2D eigenvalue weighted by molar-refractivity contribution is 5.93. The molecule has 0 unspecified atom stereocenters. The molecular formula is C27H21F2N5O2. The quantitative estimate of drug-likeness (QED) is 0.349. The molecule has 9 heteroatoms. The Morgan fingerprint density at radius 2 is 1.86 bits per heavy atom. The first-order valence-corrected chi connectivity index (χ1v) is 11.7. The number of nitrogens with one attached hydrogen (secondary N) is 2. The summed E-state index contributed by atoms with van der Waals surface area (Å²) in [5, 5.41) is 3.44. The zero-order valence-corrected chi connectivity index (χ0v) is 19.1. The lowest BCUT2D eigenvalue weighted by molar-refractivity contribution is -0.116. The second kappa shape index (κ2) is 8.67. The number of hydrogen-bond acceptors (Lipinski definition) is 4. The van der Waals surface area contributed by atoms with Crippen molar-refractivity contribution in [1.82, 2.24) is 19.5 Å². The van der Waals surface area contributed by atoms with Crippen molar-refractivity contribution in [3.8, 4) is 11.4 Å². The maximum atomic E-state index is 14.1. The van der Waals surface area contributed by atoms with Gasteiger partial charge in [0.1, 0.15) is 23.3 Å². The maximum Gasteiger partial charge on any atom is 0.261 e. The molecule has 1 aliphatic rings. The molecule has 2 aromatic heterocycles. The van der Waals surface area contributed by atoms with Gasteiger partial charge in [0.2, 0.25) is 5.91 Å². The molecule has 3 aromatic carbocycles. The number of amides is 1. The smallest absolute Gasteiger partial charge is 0.261 e. The van der Waals surface area contributed by atoms with Crippen molar-refractivity contribution in [3.05, 3.63) is 88.5 Å². The van der Waals surface area contributed by atoms with Gasteiger partial charge in [0.25, 0.3) is 5.56 Å². The van der Waals surface area contributed by atoms with E-state index in [0.29, 0.717) is 39.9 Å². The fourth-order valence-corrected chi connectivity index (χ4v) is 4.42. The molecule has 180 valence electrons. The summed E-state index contributed by atoms with van der Waals surface area (Å²) in [6.45, 7) is 0. The Morgan fingerprint density at radius 1 is 1.03 bits per heavy atom. The number of H-pyrrole nitrogens is 1. The summed E-state index contributed by atoms with van der Waals surface area (Å²) in [5.74, 6) is -0.563. The summed E-state index contributed by atoms with van der Waals surface area (Å²) in [4.78, 5) is 37.7. The highest BCUT2D eigenvalue weighted by Crippen LogP contribution is 2.35. The third-order valence-electron chi connectivity index (χ3n) is 6.32. The van der Waals surface area contributed by atoms with Gasteiger partial charge in [-0.05, 0) is 61.4 Å². The van der Waals surface area contributed by atoms with Gasteiger partial charge in [-0.15, -0.1) is 0 Å². The van der Waals surface area contributed by atoms with Gasteiger partial charge in [0.05, 0.1) is 27.5 Å². The monoisotopic (exact) mass is 485 g/mol. The molecule has 1 aliphatic carbocycles. The first-order valence-electron chi connectivity index (χ1n) is 11.7. The van der Waals surface area contributed by atoms with E-state index < -0.39 is 11.6 Å². The number of carbonyl (C=O) groups is 1. The third kappa shape index (κ3) is 4.13. The van der Waals surface area contributed by atoms with Gasteiger partial charge >= 0.3 is 0 Å². The largest absolute Gasteiger partial charge is 0.338 e. The number of aryl methyl sites for hydroxylation is 1. The summed E-state index contributed by atoms with van der Waals surface area (Å²) in [6, 6.07) is 15.7. The van der Waals surface area contributed by atoms with Crippen LogP contribution in [-0.2, 0) is 11.2 Å². The van der Waals surface area contributed by atoms with Crippen LogP contribution in [0.2, 0.25) is 0 Å². The second-order valence-corrected chi connectivity index (χ2v) is 8.94. The summed E-state index contributed by atoms with van der Waals surface area (Å²) in [7, 11) is 0. The molecule has 2 N–H and O–H groups in total. The highest BCUT2D eigenvalue weighted by Gasteiger charge is 2.28. The minimum atomic E-state index is -0.587. The van der Waals surface area contributed by atoms with Gasteiger partial charge in [-0.3, -0.25) is 14.2 Å². The molecule has 5 aromatic rings. The van der Waals surface area contributed by atoms with Gasteiger partial charge in [-0.2, -0.15) is 0 Å². The van der Waals surface area contributed by atoms with Crippen LogP contribution in [0.15, 0.2) is 65.5 Å². The fourth-order valence-electron chi connectivity index (χ4n) is 4.42. The lowest BCUT2D eigenvalue weighted by atomic mass is 10.2. The van der Waals surface area contributed by atoms with E-state index in [0.717, 1.165) is 31.0 Å². The molecule has 36 heavy (non-hydrogen) atoms. The van der Waals surface area contributed by atoms with E-state index >= 15 is 0 Å². The first-order chi connectivity index (χ1) is 17.5. The van der Waals surface area contributed by atoms with E-state index in [9.17, 15) is 18.4 Å². The first kappa shape index (κ1) is 22.1. The van der Waals surface area contributed by atoms with E-state index in [1.54, 1.807) is 34.9 Å². The van der Waals surface area contributed by atoms with Crippen LogP contribution in [-0.4, -0.2) is 25.4 Å². The zero-order valence-electron chi connectivity index (χ0n) is 19.1. The van der Waals surface area contributed by atoms with E-state index in [2.05, 4.69) is 20.3 Å². The van der Waals surface area contributed by atoms with E-state index in [4.69, 9.17) is 0 Å². The molecule has 7 nitrogen and oxygen atoms in total. The molecule has 0 aliphatic heterocycles. The topological polar surface area (TPSA) is 92.7 Å². The Kier molecular flexibility index (Phi) is 5.32. The lowest BCUT2D eigenvalue weighted by Crippen LogP contribution is -2.25. The number of carbonyl (C=O) groups excluding carboxylic acids is 1. The summed E-state index contributed by atoms with van der Waals surface area (Å²) < 4.78 is 29.5. The Morgan fingerprint density at radius 3 is 2.69 bits per heavy atom. The van der Waals surface area contributed by atoms with Crippen molar-refractivity contribution in [2.75, 3.05) is 5.32 Å². The third-order valence-corrected chi connectivity index (χ3v) is 6.32. The van der Waals surface area contributed by atoms with Crippen LogP contribution in [0.4, 0.5) is 14.5 Å². The van der Waals surface area contributed by atoms with Crippen molar-refractivity contribution in [2.24, 2.45) is 0 Å².